The van der Waals surface area contributed by atoms with Crippen LogP contribution in [0.2, 0.25) is 0 Å². The van der Waals surface area contributed by atoms with Gasteiger partial charge in [0, 0.05) is 39.3 Å². The van der Waals surface area contributed by atoms with Gasteiger partial charge < -0.3 is 10.1 Å². The van der Waals surface area contributed by atoms with Crippen LogP contribution in [0.1, 0.15) is 19.5 Å². The van der Waals surface area contributed by atoms with E-state index in [0.717, 1.165) is 25.3 Å². The second-order valence-electron chi connectivity index (χ2n) is 5.69. The first-order valence-electron chi connectivity index (χ1n) is 7.37. The lowest BCUT2D eigenvalue weighted by Gasteiger charge is -2.35. The maximum Gasteiger partial charge on any atom is 0.320 e. The van der Waals surface area contributed by atoms with Crippen molar-refractivity contribution >= 4 is 11.8 Å². The first-order chi connectivity index (χ1) is 9.94. The Morgan fingerprint density at radius 2 is 2.10 bits per heavy atom. The predicted octanol–water partition coefficient (Wildman–Crippen LogP) is 0.959. The van der Waals surface area contributed by atoms with Crippen LogP contribution >= 0.6 is 0 Å². The normalized spacial score (nSPS) is 23.0. The molecule has 1 saturated heterocycles. The minimum Gasteiger partial charge on any atom is -0.373 e. The van der Waals surface area contributed by atoms with Gasteiger partial charge in [0.05, 0.1) is 17.9 Å². The van der Waals surface area contributed by atoms with Crippen molar-refractivity contribution in [3.8, 4) is 0 Å². The van der Waals surface area contributed by atoms with E-state index in [-0.39, 0.29) is 18.2 Å². The summed E-state index contributed by atoms with van der Waals surface area (Å²) in [4.78, 5) is 14.2. The molecule has 1 aliphatic rings. The Balaban J connectivity index is 1.71. The number of aromatic nitrogens is 2. The number of anilines is 1. The number of urea groups is 1. The molecule has 2 atom stereocenters. The molecule has 7 nitrogen and oxygen atoms in total. The van der Waals surface area contributed by atoms with E-state index >= 15 is 0 Å². The smallest absolute Gasteiger partial charge is 0.320 e. The van der Waals surface area contributed by atoms with E-state index in [4.69, 9.17) is 4.74 Å². The maximum absolute atomic E-state index is 11.8. The minimum atomic E-state index is -0.202. The second kappa shape index (κ2) is 6.91. The fraction of sp³-hybridized carbons (Fsp3) is 0.714. The fourth-order valence-electron chi connectivity index (χ4n) is 2.68. The molecular formula is C14H25N5O2. The van der Waals surface area contributed by atoms with Crippen molar-refractivity contribution in [3.05, 3.63) is 11.8 Å². The van der Waals surface area contributed by atoms with Gasteiger partial charge in [-0.3, -0.25) is 14.9 Å². The van der Waals surface area contributed by atoms with Crippen molar-refractivity contribution in [2.24, 2.45) is 7.05 Å². The Kier molecular flexibility index (Phi) is 5.19. The van der Waals surface area contributed by atoms with Crippen LogP contribution in [0.25, 0.3) is 0 Å². The zero-order chi connectivity index (χ0) is 15.4. The largest absolute Gasteiger partial charge is 0.373 e. The van der Waals surface area contributed by atoms with E-state index in [2.05, 4.69) is 34.5 Å². The highest BCUT2D eigenvalue weighted by atomic mass is 16.5. The highest BCUT2D eigenvalue weighted by molar-refractivity contribution is 5.88. The first-order valence-corrected chi connectivity index (χ1v) is 7.37. The number of nitrogens with one attached hydrogen (secondary N) is 2. The topological polar surface area (TPSA) is 71.4 Å². The molecule has 0 bridgehead atoms. The molecular weight excluding hydrogens is 270 g/mol. The van der Waals surface area contributed by atoms with E-state index in [1.54, 1.807) is 11.7 Å². The third-order valence-electron chi connectivity index (χ3n) is 3.45. The number of amides is 2. The number of morpholine rings is 1. The number of ether oxygens (including phenoxy) is 1. The molecule has 1 aliphatic heterocycles. The van der Waals surface area contributed by atoms with Gasteiger partial charge in [-0.25, -0.2) is 4.79 Å². The van der Waals surface area contributed by atoms with Crippen LogP contribution in [0, 0.1) is 6.92 Å². The summed E-state index contributed by atoms with van der Waals surface area (Å²) in [6, 6.07) is 1.64. The second-order valence-corrected chi connectivity index (χ2v) is 5.69. The van der Waals surface area contributed by atoms with Gasteiger partial charge in [0.1, 0.15) is 5.82 Å². The van der Waals surface area contributed by atoms with Crippen molar-refractivity contribution < 1.29 is 9.53 Å². The Bertz CT molecular complexity index is 478. The molecule has 1 fully saturated rings. The van der Waals surface area contributed by atoms with Gasteiger partial charge in [0.15, 0.2) is 0 Å². The summed E-state index contributed by atoms with van der Waals surface area (Å²) in [5, 5.41) is 9.85. The van der Waals surface area contributed by atoms with Crippen molar-refractivity contribution in [3.63, 3.8) is 0 Å². The van der Waals surface area contributed by atoms with Crippen molar-refractivity contribution in [2.75, 3.05) is 31.5 Å². The van der Waals surface area contributed by atoms with Crippen molar-refractivity contribution in [1.82, 2.24) is 20.0 Å². The van der Waals surface area contributed by atoms with Gasteiger partial charge in [-0.15, -0.1) is 0 Å². The molecule has 1 aromatic heterocycles. The molecule has 2 N–H and O–H groups in total. The molecule has 21 heavy (non-hydrogen) atoms. The van der Waals surface area contributed by atoms with E-state index in [1.807, 2.05) is 13.0 Å². The number of aryl methyl sites for hydroxylation is 2. The summed E-state index contributed by atoms with van der Waals surface area (Å²) in [5.74, 6) is 0.693. The highest BCUT2D eigenvalue weighted by Gasteiger charge is 2.21. The summed E-state index contributed by atoms with van der Waals surface area (Å²) in [6.45, 7) is 9.31. The fourth-order valence-corrected chi connectivity index (χ4v) is 2.68. The number of hydrogen-bond acceptors (Lipinski definition) is 4. The van der Waals surface area contributed by atoms with E-state index in [9.17, 15) is 4.79 Å². The summed E-state index contributed by atoms with van der Waals surface area (Å²) < 4.78 is 7.34. The summed E-state index contributed by atoms with van der Waals surface area (Å²) >= 11 is 0. The highest BCUT2D eigenvalue weighted by Crippen LogP contribution is 2.10. The van der Waals surface area contributed by atoms with Crippen LogP contribution in [0.15, 0.2) is 6.07 Å². The molecule has 1 aromatic rings. The Morgan fingerprint density at radius 1 is 1.43 bits per heavy atom. The molecule has 0 unspecified atom stereocenters. The minimum absolute atomic E-state index is 0.202. The van der Waals surface area contributed by atoms with Crippen LogP contribution in [-0.4, -0.2) is 59.1 Å². The van der Waals surface area contributed by atoms with Crippen LogP contribution in [0.5, 0.6) is 0 Å². The average molecular weight is 295 g/mol. The van der Waals surface area contributed by atoms with Gasteiger partial charge in [0.25, 0.3) is 0 Å². The first kappa shape index (κ1) is 15.8. The molecule has 7 heteroatoms. The average Bonchev–Trinajstić information content (AvgIpc) is 2.66. The van der Waals surface area contributed by atoms with Gasteiger partial charge >= 0.3 is 6.03 Å². The molecule has 2 rings (SSSR count). The lowest BCUT2D eigenvalue weighted by molar-refractivity contribution is -0.0672. The van der Waals surface area contributed by atoms with Crippen LogP contribution in [-0.2, 0) is 11.8 Å². The number of nitrogens with zero attached hydrogens (tertiary/aromatic N) is 3. The van der Waals surface area contributed by atoms with E-state index < -0.39 is 0 Å². The zero-order valence-corrected chi connectivity index (χ0v) is 13.2. The van der Waals surface area contributed by atoms with Crippen molar-refractivity contribution in [2.45, 2.75) is 33.0 Å². The van der Waals surface area contributed by atoms with Gasteiger partial charge in [-0.05, 0) is 20.8 Å². The van der Waals surface area contributed by atoms with Crippen molar-refractivity contribution in [1.29, 1.82) is 0 Å². The Hall–Kier alpha value is -1.60. The van der Waals surface area contributed by atoms with Crippen LogP contribution < -0.4 is 10.6 Å². The Morgan fingerprint density at radius 3 is 2.67 bits per heavy atom. The molecule has 0 spiro atoms. The quantitative estimate of drug-likeness (QED) is 0.868. The predicted molar refractivity (Wildman–Crippen MR) is 81.4 cm³/mol. The summed E-state index contributed by atoms with van der Waals surface area (Å²) in [7, 11) is 1.80. The van der Waals surface area contributed by atoms with E-state index in [1.165, 1.54) is 0 Å². The third kappa shape index (κ3) is 4.71. The molecule has 118 valence electrons. The lowest BCUT2D eigenvalue weighted by atomic mass is 10.2. The Labute approximate surface area is 125 Å². The maximum atomic E-state index is 11.8. The standard InChI is InChI=1S/C14H25N5O2/c1-10-7-13(18(4)17-10)16-14(20)15-5-6-19-8-11(2)21-12(3)9-19/h7,11-12H,5-6,8-9H2,1-4H3,(H2,15,16,20)/t11-,12+. The lowest BCUT2D eigenvalue weighted by Crippen LogP contribution is -2.48. The number of rotatable bonds is 4. The summed E-state index contributed by atoms with van der Waals surface area (Å²) in [5.41, 5.74) is 0.879. The molecule has 0 aliphatic carbocycles. The van der Waals surface area contributed by atoms with Gasteiger partial charge in [0.2, 0.25) is 0 Å². The number of hydrogen-bond donors (Lipinski definition) is 2. The van der Waals surface area contributed by atoms with E-state index in [0.29, 0.717) is 12.4 Å². The molecule has 0 saturated carbocycles. The monoisotopic (exact) mass is 295 g/mol. The number of carbonyl (C=O) groups is 1. The van der Waals surface area contributed by atoms with Crippen LogP contribution in [0.4, 0.5) is 10.6 Å². The van der Waals surface area contributed by atoms with Crippen LogP contribution in [0.3, 0.4) is 0 Å². The molecule has 0 aromatic carbocycles. The van der Waals surface area contributed by atoms with Gasteiger partial charge in [-0.2, -0.15) is 5.10 Å². The number of carbonyl (C=O) groups excluding carboxylic acids is 1. The zero-order valence-electron chi connectivity index (χ0n) is 13.2. The molecule has 2 amide bonds. The molecule has 2 heterocycles. The molecule has 0 radical (unpaired) electrons. The SMILES string of the molecule is Cc1cc(NC(=O)NCCN2C[C@@H](C)O[C@@H](C)C2)n(C)n1. The third-order valence-corrected chi connectivity index (χ3v) is 3.45. The summed E-state index contributed by atoms with van der Waals surface area (Å²) in [6.07, 6.45) is 0.500. The van der Waals surface area contributed by atoms with Gasteiger partial charge in [-0.1, -0.05) is 0 Å².